The first-order chi connectivity index (χ1) is 69.2. The summed E-state index contributed by atoms with van der Waals surface area (Å²) < 4.78 is 62.1. The number of thiazole rings is 2. The van der Waals surface area contributed by atoms with Crippen LogP contribution >= 0.6 is 69.1 Å². The van der Waals surface area contributed by atoms with Crippen LogP contribution in [0.4, 0.5) is 17.6 Å². The number of esters is 1. The fourth-order valence-electron chi connectivity index (χ4n) is 13.1. The van der Waals surface area contributed by atoms with Gasteiger partial charge in [0.25, 0.3) is 17.7 Å². The zero-order chi connectivity index (χ0) is 108. The molecule has 0 saturated heterocycles. The lowest BCUT2D eigenvalue weighted by molar-refractivity contribution is -0.204. The summed E-state index contributed by atoms with van der Waals surface area (Å²) in [5.74, 6) is -4.44. The van der Waals surface area contributed by atoms with Gasteiger partial charge in [-0.2, -0.15) is 0 Å². The average Bonchev–Trinajstić information content (AvgIpc) is 1.61. The largest absolute Gasteiger partial charge is 0.457 e. The minimum atomic E-state index is -0.796. The molecule has 0 spiro atoms. The topological polar surface area (TPSA) is 392 Å². The summed E-state index contributed by atoms with van der Waals surface area (Å²) in [6.45, 7) is 23.7. The number of rotatable bonds is 26. The Balaban J connectivity index is 0.000000301. The fourth-order valence-corrected chi connectivity index (χ4v) is 15.1. The van der Waals surface area contributed by atoms with Crippen LogP contribution in [-0.2, 0) is 57.4 Å². The third-order valence-corrected chi connectivity index (χ3v) is 23.4. The van der Waals surface area contributed by atoms with E-state index >= 15 is 0 Å². The molecule has 14 rings (SSSR count). The van der Waals surface area contributed by atoms with E-state index in [1.54, 1.807) is 50.3 Å². The molecule has 0 saturated carbocycles. The number of aromatic nitrogens is 2. The van der Waals surface area contributed by atoms with Crippen molar-refractivity contribution in [3.63, 3.8) is 0 Å². The molecule has 0 bridgehead atoms. The molecule has 2 aromatic heterocycles. The summed E-state index contributed by atoms with van der Waals surface area (Å²) in [4.78, 5) is 141. The zero-order valence-electron chi connectivity index (χ0n) is 82.5. The SMILES string of the molecule is C.CC(=O)/C(=C\c1ccc(F)cc1Cl)C(=O)N[C@@H](C)c1ccccc1.CC(=O)/C(=C\c1ccc(F)cc1Cl)C(=O)N[C@@H](C)c1ccccc1.CC(=O)CC(=O)N[C@@H](C)c1ccccc1.CC(=O)CC(=O)N[C@@H](C)c1ccccc1.CC1=C(C(=O)N[C@@H](C)c2ccccc2)[C@H](c2ccc(F)cc2Cl)N=C(c2cncs2)N1.CC1=CC(=O)OC(C)(C)O1.C[C@H](N)c1ccccc1.N=C(N)c1cncs1.O=Cc1ccc(F)cc1Cl. The Hall–Kier alpha value is -14.8. The second-order valence-corrected chi connectivity index (χ2v) is 36.5. The van der Waals surface area contributed by atoms with Gasteiger partial charge in [-0.15, -0.1) is 22.7 Å². The molecule has 0 radical (unpaired) electrons. The van der Waals surface area contributed by atoms with Crippen LogP contribution in [0.3, 0.4) is 0 Å². The number of hydrogen-bond acceptors (Lipinski definition) is 21. The number of ether oxygens (including phenoxy) is 2. The maximum atomic E-state index is 13.7. The lowest BCUT2D eigenvalue weighted by Gasteiger charge is -2.29. The minimum Gasteiger partial charge on any atom is -0.457 e. The number of nitrogens with one attached hydrogen (secondary N) is 7. The molecule has 0 aliphatic carbocycles. The van der Waals surface area contributed by atoms with Gasteiger partial charge in [-0.25, -0.2) is 22.4 Å². The number of aliphatic imine (C=N–C) groups is 1. The van der Waals surface area contributed by atoms with E-state index in [0.717, 1.165) is 55.8 Å². The molecule has 2 aliphatic heterocycles. The third kappa shape index (κ3) is 43.9. The fraction of sp³-hybridized carbons (Fsp3) is 0.223. The number of carbonyl (C=O) groups is 11. The summed E-state index contributed by atoms with van der Waals surface area (Å²) >= 11 is 26.5. The van der Waals surface area contributed by atoms with E-state index in [-0.39, 0.29) is 129 Å². The third-order valence-electron chi connectivity index (χ3n) is 20.5. The summed E-state index contributed by atoms with van der Waals surface area (Å²) in [7, 11) is 0. The number of ketones is 4. The minimum absolute atomic E-state index is 0. The van der Waals surface area contributed by atoms with Crippen molar-refractivity contribution in [3.8, 4) is 0 Å². The second-order valence-electron chi connectivity index (χ2n) is 33.1. The van der Waals surface area contributed by atoms with Gasteiger partial charge < -0.3 is 52.8 Å². The molecule has 11 N–H and O–H groups in total. The van der Waals surface area contributed by atoms with Crippen molar-refractivity contribution in [1.82, 2.24) is 41.9 Å². The summed E-state index contributed by atoms with van der Waals surface area (Å²) in [6, 6.07) is 71.8. The van der Waals surface area contributed by atoms with Gasteiger partial charge in [0.2, 0.25) is 17.6 Å². The number of hydrogen-bond donors (Lipinski definition) is 9. The Kier molecular flexibility index (Phi) is 52.4. The lowest BCUT2D eigenvalue weighted by atomic mass is 9.94. The van der Waals surface area contributed by atoms with Crippen molar-refractivity contribution < 1.29 is 79.8 Å². The van der Waals surface area contributed by atoms with E-state index in [4.69, 9.17) is 77.7 Å². The summed E-state index contributed by atoms with van der Waals surface area (Å²) in [5.41, 5.74) is 22.9. The monoisotopic (exact) mass is 2120 g/mol. The first-order valence-corrected chi connectivity index (χ1v) is 48.5. The normalized spacial score (nSPS) is 13.6. The Labute approximate surface area is 881 Å². The molecule has 4 heterocycles. The number of amides is 5. The van der Waals surface area contributed by atoms with Crippen LogP contribution in [0.25, 0.3) is 12.2 Å². The maximum Gasteiger partial charge on any atom is 0.337 e. The molecule has 772 valence electrons. The van der Waals surface area contributed by atoms with Gasteiger partial charge in [0.15, 0.2) is 17.9 Å². The quantitative estimate of drug-likeness (QED) is 0.00355. The van der Waals surface area contributed by atoms with E-state index in [0.29, 0.717) is 51.4 Å². The molecule has 7 atom stereocenters. The Morgan fingerprint density at radius 2 is 0.816 bits per heavy atom. The number of aldehydes is 1. The van der Waals surface area contributed by atoms with Gasteiger partial charge in [-0.05, 0) is 194 Å². The molecule has 2 aliphatic rings. The maximum absolute atomic E-state index is 13.7. The molecule has 12 aromatic rings. The summed E-state index contributed by atoms with van der Waals surface area (Å²) in [5, 5.41) is 24.9. The predicted molar refractivity (Wildman–Crippen MR) is 575 cm³/mol. The Bertz CT molecular complexity index is 6370. The predicted octanol–water partition coefficient (Wildman–Crippen LogP) is 23.8. The van der Waals surface area contributed by atoms with Gasteiger partial charge in [0.05, 0.1) is 102 Å². The van der Waals surface area contributed by atoms with Crippen LogP contribution in [-0.4, -0.2) is 92.4 Å². The van der Waals surface area contributed by atoms with Gasteiger partial charge in [0, 0.05) is 54.1 Å². The van der Waals surface area contributed by atoms with Crippen molar-refractivity contribution in [2.24, 2.45) is 16.5 Å². The molecular formula is C112H118Cl4F4N12O13S2. The Morgan fingerprint density at radius 3 is 1.11 bits per heavy atom. The van der Waals surface area contributed by atoms with Crippen LogP contribution in [0, 0.1) is 28.7 Å². The molecule has 35 heteroatoms. The number of nitrogens with zero attached hydrogens (tertiary/aromatic N) is 3. The number of nitrogens with two attached hydrogens (primary N) is 2. The van der Waals surface area contributed by atoms with Gasteiger partial charge in [0.1, 0.15) is 58.3 Å². The van der Waals surface area contributed by atoms with E-state index in [1.807, 2.05) is 230 Å². The zero-order valence-corrected chi connectivity index (χ0v) is 87.1. The number of cyclic esters (lactones) is 1. The van der Waals surface area contributed by atoms with Crippen molar-refractivity contribution in [1.29, 1.82) is 5.41 Å². The van der Waals surface area contributed by atoms with Crippen LogP contribution < -0.4 is 43.4 Å². The van der Waals surface area contributed by atoms with Crippen LogP contribution in [0.1, 0.15) is 230 Å². The average molecular weight is 2120 g/mol. The highest BCUT2D eigenvalue weighted by Gasteiger charge is 2.33. The van der Waals surface area contributed by atoms with Gasteiger partial charge in [-0.1, -0.05) is 254 Å². The summed E-state index contributed by atoms with van der Waals surface area (Å²) in [6.07, 6.45) is 7.85. The van der Waals surface area contributed by atoms with Crippen molar-refractivity contribution in [2.45, 2.75) is 165 Å². The number of amidine groups is 2. The van der Waals surface area contributed by atoms with E-state index in [2.05, 4.69) is 41.9 Å². The van der Waals surface area contributed by atoms with Crippen LogP contribution in [0.5, 0.6) is 0 Å². The lowest BCUT2D eigenvalue weighted by Crippen LogP contribution is -2.37. The van der Waals surface area contributed by atoms with Gasteiger partial charge in [-0.3, -0.25) is 68.3 Å². The first-order valence-electron chi connectivity index (χ1n) is 45.3. The van der Waals surface area contributed by atoms with E-state index in [9.17, 15) is 70.3 Å². The highest BCUT2D eigenvalue weighted by atomic mass is 35.5. The number of nitrogen functional groups attached to an aromatic ring is 1. The number of benzene rings is 10. The highest BCUT2D eigenvalue weighted by molar-refractivity contribution is 7.12. The molecule has 5 amide bonds. The van der Waals surface area contributed by atoms with Crippen molar-refractivity contribution in [2.75, 3.05) is 0 Å². The van der Waals surface area contributed by atoms with Crippen molar-refractivity contribution in [3.05, 3.63) is 421 Å². The molecule has 25 nitrogen and oxygen atoms in total. The molecule has 147 heavy (non-hydrogen) atoms. The highest BCUT2D eigenvalue weighted by Crippen LogP contribution is 2.37. The number of halogens is 8. The molecule has 10 aromatic carbocycles. The molecular weight excluding hydrogens is 2000 g/mol. The molecule has 0 fully saturated rings. The number of Topliss-reactive ketones (excluding diaryl/α,β-unsaturated/α-hetero) is 4. The van der Waals surface area contributed by atoms with Crippen LogP contribution in [0.15, 0.2) is 317 Å². The smallest absolute Gasteiger partial charge is 0.337 e. The van der Waals surface area contributed by atoms with Crippen molar-refractivity contribution >= 4 is 158 Å². The number of carbonyl (C=O) groups excluding carboxylic acids is 11. The van der Waals surface area contributed by atoms with E-state index in [1.165, 1.54) is 123 Å². The number of allylic oxidation sites excluding steroid dienone is 2. The van der Waals surface area contributed by atoms with Gasteiger partial charge >= 0.3 is 5.97 Å². The molecule has 0 unspecified atom stereocenters. The van der Waals surface area contributed by atoms with Crippen LogP contribution in [0.2, 0.25) is 20.1 Å². The standard InChI is InChI=1S/C23H20ClFN4OS.2C19H17ClFNO2.2C12H15NO2.C8H11N.C7H4ClFO.C7H10O3.C4H5N3S.CH4/c1-13(15-6-4-3-5-7-15)28-23(30)20-14(2)27-22(19-11-26-12-31-19)29-21(20)17-9-8-16(25)10-18(17)24;2*1-12(14-6-4-3-5-7-14)22-19(24)17(13(2)23)10-15-8-9-16(21)11-18(15)20;2*1-9(14)8-12(15)13-10(2)11-6-4-3-5-7-11;1-7(9)8-5-3-2-4-6-8;8-7-3-6(9)2-1-5(7)4-10;1-5-4-6(8)10-7(2,3)9-5;5-4(6)3-1-7-2-8-3;/h3-13,21H,1-2H3,(H,27,29)(H,28,30);2*3-12H,1-2H3,(H,22,24);2*3-7,10H,8H2,1-2H3,(H,13,15);2-7H,9H2,1H3;1-4H;4H,1-3H3;1-2H,(H3,5,6);1H4/b;2*17-10+;;;;;;;/t13-,21-;2*12-;2*10-;7-;;;;/m000000..../s1. The van der Waals surface area contributed by atoms with E-state index < -0.39 is 58.5 Å². The first kappa shape index (κ1) is 123. The Morgan fingerprint density at radius 1 is 0.476 bits per heavy atom. The second kappa shape index (κ2) is 62.8.